The van der Waals surface area contributed by atoms with E-state index in [-0.39, 0.29) is 4.90 Å². The zero-order valence-electron chi connectivity index (χ0n) is 20.9. The fourth-order valence-electron chi connectivity index (χ4n) is 4.55. The van der Waals surface area contributed by atoms with E-state index in [0.29, 0.717) is 17.4 Å². The summed E-state index contributed by atoms with van der Waals surface area (Å²) in [6.45, 7) is 7.87. The summed E-state index contributed by atoms with van der Waals surface area (Å²) in [5.74, 6) is 0. The Morgan fingerprint density at radius 3 is 2.63 bits per heavy atom. The molecule has 1 fully saturated rings. The van der Waals surface area contributed by atoms with Crippen LogP contribution in [0.3, 0.4) is 0 Å². The van der Waals surface area contributed by atoms with Crippen LogP contribution in [-0.2, 0) is 34.6 Å². The molecule has 0 amide bonds. The molecule has 188 valence electrons. The number of benzene rings is 1. The van der Waals surface area contributed by atoms with Crippen molar-refractivity contribution in [2.24, 2.45) is 7.05 Å². The van der Waals surface area contributed by atoms with Gasteiger partial charge in [0.05, 0.1) is 17.6 Å². The molecule has 0 bridgehead atoms. The number of nitrogens with zero attached hydrogens (tertiary/aromatic N) is 4. The van der Waals surface area contributed by atoms with Crippen LogP contribution in [0.15, 0.2) is 53.6 Å². The van der Waals surface area contributed by atoms with Gasteiger partial charge in [-0.2, -0.15) is 9.82 Å². The molecule has 2 aromatic heterocycles. The van der Waals surface area contributed by atoms with Crippen LogP contribution in [0.2, 0.25) is 0 Å². The first-order chi connectivity index (χ1) is 16.8. The van der Waals surface area contributed by atoms with Gasteiger partial charge in [-0.25, -0.2) is 0 Å². The first kappa shape index (κ1) is 25.5. The van der Waals surface area contributed by atoms with Gasteiger partial charge in [0.1, 0.15) is 5.69 Å². The largest absolute Gasteiger partial charge is 0.588 e. The van der Waals surface area contributed by atoms with Crippen molar-refractivity contribution in [1.82, 2.24) is 25.0 Å². The number of hydrogen-bond acceptors (Lipinski definition) is 6. The maximum Gasteiger partial charge on any atom is 0.198 e. The highest BCUT2D eigenvalue weighted by Crippen LogP contribution is 2.25. The number of unbranched alkanes of at least 4 members (excludes halogenated alkanes) is 1. The molecular weight excluding hydrogens is 460 g/mol. The summed E-state index contributed by atoms with van der Waals surface area (Å²) in [7, 11) is -1.91. The van der Waals surface area contributed by atoms with Crippen LogP contribution in [0, 0.1) is 13.8 Å². The first-order valence-electron chi connectivity index (χ1n) is 12.3. The second-order valence-electron chi connectivity index (χ2n) is 9.38. The number of pyridine rings is 1. The highest BCUT2D eigenvalue weighted by Gasteiger charge is 2.25. The molecule has 2 unspecified atom stereocenters. The number of nitrogens with one attached hydrogen (secondary N) is 2. The normalized spacial score (nSPS) is 18.0. The topological polar surface area (TPSA) is 98.1 Å². The van der Waals surface area contributed by atoms with E-state index in [0.717, 1.165) is 56.8 Å². The summed E-state index contributed by atoms with van der Waals surface area (Å²) in [6.07, 6.45) is 5.55. The van der Waals surface area contributed by atoms with Crippen molar-refractivity contribution in [3.63, 3.8) is 0 Å². The fourth-order valence-corrected chi connectivity index (χ4v) is 5.67. The molecule has 4 rings (SSSR count). The maximum atomic E-state index is 12.8. The summed E-state index contributed by atoms with van der Waals surface area (Å²) in [5, 5.41) is 7.95. The Hall–Kier alpha value is -2.59. The molecule has 1 aromatic carbocycles. The predicted octanol–water partition coefficient (Wildman–Crippen LogP) is 3.63. The van der Waals surface area contributed by atoms with Gasteiger partial charge in [-0.15, -0.1) is 0 Å². The predicted molar refractivity (Wildman–Crippen MR) is 139 cm³/mol. The third-order valence-electron chi connectivity index (χ3n) is 6.67. The van der Waals surface area contributed by atoms with Gasteiger partial charge in [0, 0.05) is 38.4 Å². The fraction of sp³-hybridized carbons (Fsp3) is 0.462. The molecule has 0 aliphatic carbocycles. The molecular formula is C26H36N6O2S. The van der Waals surface area contributed by atoms with Crippen molar-refractivity contribution in [2.75, 3.05) is 24.4 Å². The van der Waals surface area contributed by atoms with Crippen molar-refractivity contribution in [2.45, 2.75) is 57.0 Å². The van der Waals surface area contributed by atoms with E-state index >= 15 is 0 Å². The van der Waals surface area contributed by atoms with Crippen molar-refractivity contribution in [1.29, 1.82) is 0 Å². The van der Waals surface area contributed by atoms with Crippen LogP contribution in [0.25, 0.3) is 0 Å². The molecule has 0 spiro atoms. The number of aromatic nitrogens is 3. The number of anilines is 1. The average Bonchev–Trinajstić information content (AvgIpc) is 3.38. The minimum absolute atomic E-state index is 0.159. The third kappa shape index (κ3) is 6.76. The van der Waals surface area contributed by atoms with E-state index in [2.05, 4.69) is 55.4 Å². The third-order valence-corrected chi connectivity index (χ3v) is 8.00. The molecule has 2 atom stereocenters. The number of sulfonamides is 1. The van der Waals surface area contributed by atoms with Gasteiger partial charge in [0.2, 0.25) is 0 Å². The summed E-state index contributed by atoms with van der Waals surface area (Å²) in [4.78, 5) is 7.07. The summed E-state index contributed by atoms with van der Waals surface area (Å²) in [5.41, 5.74) is 4.22. The quantitative estimate of drug-likeness (QED) is 0.311. The van der Waals surface area contributed by atoms with E-state index in [1.54, 1.807) is 24.7 Å². The van der Waals surface area contributed by atoms with Gasteiger partial charge >= 0.3 is 0 Å². The standard InChI is InChI=1S/C26H36N6O2S/c1-20-26(21(2)31(3)29-20)30-35(33,34)25-13-12-23(28-17-25)11-7-8-15-27-24-14-16-32(19-24)18-22-9-5-4-6-10-22/h4-6,9-10,12-13,17,24,27H,7-8,11,14-16,18-19H2,1-3H3,(H-,30,33,34). The Balaban J connectivity index is 1.17. The van der Waals surface area contributed by atoms with E-state index in [1.807, 2.05) is 13.0 Å². The molecule has 3 heterocycles. The van der Waals surface area contributed by atoms with Crippen LogP contribution in [0.1, 0.15) is 41.9 Å². The van der Waals surface area contributed by atoms with E-state index in [9.17, 15) is 8.76 Å². The van der Waals surface area contributed by atoms with Crippen LogP contribution >= 0.6 is 0 Å². The Bertz CT molecular complexity index is 1150. The van der Waals surface area contributed by atoms with Crippen molar-refractivity contribution >= 4 is 16.1 Å². The zero-order chi connectivity index (χ0) is 24.8. The SMILES string of the molecule is Cc1nn(C)c(C)c1N[S+](=O)([O-])c1ccc(CCCCNC2CCN(Cc3ccccc3)C2)nc1. The smallest absolute Gasteiger partial charge is 0.198 e. The lowest BCUT2D eigenvalue weighted by atomic mass is 10.1. The van der Waals surface area contributed by atoms with Gasteiger partial charge in [0.15, 0.2) is 15.3 Å². The molecule has 0 radical (unpaired) electrons. The number of rotatable bonds is 11. The Kier molecular flexibility index (Phi) is 8.33. The van der Waals surface area contributed by atoms with Crippen LogP contribution in [-0.4, -0.2) is 49.9 Å². The second-order valence-corrected chi connectivity index (χ2v) is 11.1. The lowest BCUT2D eigenvalue weighted by molar-refractivity contribution is 0.320. The van der Waals surface area contributed by atoms with Gasteiger partial charge in [-0.1, -0.05) is 34.5 Å². The Labute approximate surface area is 209 Å². The minimum atomic E-state index is -3.70. The number of aryl methyl sites for hydroxylation is 3. The van der Waals surface area contributed by atoms with Crippen molar-refractivity contribution in [3.05, 3.63) is 71.3 Å². The van der Waals surface area contributed by atoms with E-state index in [4.69, 9.17) is 0 Å². The molecule has 1 aliphatic heterocycles. The van der Waals surface area contributed by atoms with E-state index < -0.39 is 10.4 Å². The number of hydrogen-bond donors (Lipinski definition) is 2. The van der Waals surface area contributed by atoms with Gasteiger partial charge in [-0.3, -0.25) is 14.6 Å². The van der Waals surface area contributed by atoms with Crippen LogP contribution in [0.5, 0.6) is 0 Å². The summed E-state index contributed by atoms with van der Waals surface area (Å²) >= 11 is 0. The number of likely N-dealkylation sites (tertiary alicyclic amines) is 1. The van der Waals surface area contributed by atoms with Gasteiger partial charge in [0.25, 0.3) is 0 Å². The Morgan fingerprint density at radius 1 is 1.14 bits per heavy atom. The van der Waals surface area contributed by atoms with Crippen molar-refractivity contribution in [3.8, 4) is 0 Å². The molecule has 1 aliphatic rings. The Morgan fingerprint density at radius 2 is 1.94 bits per heavy atom. The molecule has 0 saturated carbocycles. The maximum absolute atomic E-state index is 12.8. The lowest BCUT2D eigenvalue weighted by Crippen LogP contribution is -2.33. The van der Waals surface area contributed by atoms with Crippen LogP contribution < -0.4 is 10.0 Å². The summed E-state index contributed by atoms with van der Waals surface area (Å²) in [6, 6.07) is 14.6. The lowest BCUT2D eigenvalue weighted by Gasteiger charge is -2.17. The molecule has 2 N–H and O–H groups in total. The molecule has 9 heteroatoms. The average molecular weight is 497 g/mol. The molecule has 3 aromatic rings. The second kappa shape index (κ2) is 11.4. The highest BCUT2D eigenvalue weighted by molar-refractivity contribution is 7.98. The van der Waals surface area contributed by atoms with Crippen LogP contribution in [0.4, 0.5) is 5.69 Å². The molecule has 1 saturated heterocycles. The molecule has 8 nitrogen and oxygen atoms in total. The minimum Gasteiger partial charge on any atom is -0.588 e. The zero-order valence-corrected chi connectivity index (χ0v) is 21.7. The monoisotopic (exact) mass is 496 g/mol. The van der Waals surface area contributed by atoms with Gasteiger partial charge in [-0.05, 0) is 63.8 Å². The van der Waals surface area contributed by atoms with Gasteiger partial charge < -0.3 is 9.87 Å². The highest BCUT2D eigenvalue weighted by atomic mass is 32.3. The van der Waals surface area contributed by atoms with Crippen molar-refractivity contribution < 1.29 is 8.76 Å². The van der Waals surface area contributed by atoms with E-state index in [1.165, 1.54) is 18.2 Å². The molecule has 35 heavy (non-hydrogen) atoms. The first-order valence-corrected chi connectivity index (χ1v) is 13.8. The summed E-state index contributed by atoms with van der Waals surface area (Å²) < 4.78 is 29.9.